The first-order chi connectivity index (χ1) is 8.70. The lowest BCUT2D eigenvalue weighted by Crippen LogP contribution is -2.23. The number of aromatic nitrogens is 1. The van der Waals surface area contributed by atoms with Gasteiger partial charge in [-0.2, -0.15) is 0 Å². The highest BCUT2D eigenvalue weighted by molar-refractivity contribution is 9.13. The average Bonchev–Trinajstić information content (AvgIpc) is 2.96. The van der Waals surface area contributed by atoms with Gasteiger partial charge >= 0.3 is 0 Å². The van der Waals surface area contributed by atoms with Gasteiger partial charge in [-0.05, 0) is 50.9 Å². The minimum atomic E-state index is 0.373. The largest absolute Gasteiger partial charge is 0.309 e. The van der Waals surface area contributed by atoms with Crippen LogP contribution >= 0.6 is 54.5 Å². The average molecular weight is 410 g/mol. The van der Waals surface area contributed by atoms with Crippen molar-refractivity contribution in [2.24, 2.45) is 0 Å². The number of rotatable bonds is 6. The molecule has 0 bridgehead atoms. The third kappa shape index (κ3) is 3.87. The van der Waals surface area contributed by atoms with Crippen LogP contribution in [0.4, 0.5) is 0 Å². The normalized spacial score (nSPS) is 12.8. The molecule has 0 aliphatic rings. The monoisotopic (exact) mass is 408 g/mol. The maximum atomic E-state index is 4.15. The number of thiophene rings is 1. The summed E-state index contributed by atoms with van der Waals surface area (Å²) in [5.41, 5.74) is 1.90. The zero-order valence-electron chi connectivity index (χ0n) is 9.95. The van der Waals surface area contributed by atoms with Crippen LogP contribution in [0.5, 0.6) is 0 Å². The Morgan fingerprint density at radius 1 is 1.44 bits per heavy atom. The molecule has 2 heterocycles. The molecular formula is C12H14Br2N2S2. The molecule has 0 aromatic carbocycles. The number of nitrogens with zero attached hydrogens (tertiary/aromatic N) is 1. The van der Waals surface area contributed by atoms with E-state index in [4.69, 9.17) is 0 Å². The molecule has 0 spiro atoms. The molecule has 0 saturated carbocycles. The Morgan fingerprint density at radius 3 is 2.83 bits per heavy atom. The Balaban J connectivity index is 2.13. The molecule has 98 valence electrons. The van der Waals surface area contributed by atoms with E-state index in [1.54, 1.807) is 22.7 Å². The number of thiazole rings is 1. The summed E-state index contributed by atoms with van der Waals surface area (Å²) in [7, 11) is 0. The lowest BCUT2D eigenvalue weighted by Gasteiger charge is -2.15. The van der Waals surface area contributed by atoms with Crippen molar-refractivity contribution in [3.63, 3.8) is 0 Å². The van der Waals surface area contributed by atoms with Gasteiger partial charge < -0.3 is 5.32 Å². The molecule has 1 N–H and O–H groups in total. The molecule has 0 radical (unpaired) electrons. The zero-order chi connectivity index (χ0) is 13.0. The van der Waals surface area contributed by atoms with Crippen molar-refractivity contribution in [2.45, 2.75) is 25.8 Å². The summed E-state index contributed by atoms with van der Waals surface area (Å²) >= 11 is 10.6. The van der Waals surface area contributed by atoms with Crippen molar-refractivity contribution < 1.29 is 0 Å². The van der Waals surface area contributed by atoms with Crippen molar-refractivity contribution in [2.75, 3.05) is 6.54 Å². The molecule has 18 heavy (non-hydrogen) atoms. The molecule has 0 saturated heterocycles. The molecule has 0 aliphatic carbocycles. The Bertz CT molecular complexity index is 463. The maximum Gasteiger partial charge on any atom is 0.0843 e. The van der Waals surface area contributed by atoms with E-state index in [0.29, 0.717) is 6.04 Å². The highest BCUT2D eigenvalue weighted by Gasteiger charge is 2.16. The van der Waals surface area contributed by atoms with Gasteiger partial charge in [0.25, 0.3) is 0 Å². The van der Waals surface area contributed by atoms with Crippen LogP contribution in [0, 0.1) is 0 Å². The fourth-order valence-corrected chi connectivity index (χ4v) is 4.48. The van der Waals surface area contributed by atoms with Crippen LogP contribution in [-0.2, 0) is 6.42 Å². The fourth-order valence-electron chi connectivity index (χ4n) is 1.67. The van der Waals surface area contributed by atoms with E-state index in [1.807, 2.05) is 11.7 Å². The highest BCUT2D eigenvalue weighted by Crippen LogP contribution is 2.36. The Labute approximate surface area is 132 Å². The molecule has 2 aromatic rings. The van der Waals surface area contributed by atoms with Gasteiger partial charge in [-0.15, -0.1) is 22.7 Å². The standard InChI is InChI=1S/C12H14Br2N2S2/c1-2-3-16-10(4-8-6-15-7-17-8)11-5-9(13)12(14)18-11/h5-7,10,16H,2-4H2,1H3. The smallest absolute Gasteiger partial charge is 0.0843 e. The second-order valence-electron chi connectivity index (χ2n) is 3.95. The van der Waals surface area contributed by atoms with Crippen LogP contribution in [0.3, 0.4) is 0 Å². The predicted molar refractivity (Wildman–Crippen MR) is 86.6 cm³/mol. The summed E-state index contributed by atoms with van der Waals surface area (Å²) < 4.78 is 2.29. The summed E-state index contributed by atoms with van der Waals surface area (Å²) in [5, 5.41) is 3.61. The lowest BCUT2D eigenvalue weighted by molar-refractivity contribution is 0.539. The van der Waals surface area contributed by atoms with Crippen LogP contribution in [-0.4, -0.2) is 11.5 Å². The first-order valence-electron chi connectivity index (χ1n) is 5.76. The molecule has 1 atom stereocenters. The van der Waals surface area contributed by atoms with E-state index in [9.17, 15) is 0 Å². The number of halogens is 2. The van der Waals surface area contributed by atoms with Gasteiger partial charge in [0.2, 0.25) is 0 Å². The number of hydrogen-bond donors (Lipinski definition) is 1. The van der Waals surface area contributed by atoms with Crippen LogP contribution in [0.1, 0.15) is 29.1 Å². The summed E-state index contributed by atoms with van der Waals surface area (Å²) in [6, 6.07) is 2.57. The van der Waals surface area contributed by atoms with Crippen molar-refractivity contribution in [1.29, 1.82) is 0 Å². The molecule has 0 fully saturated rings. The van der Waals surface area contributed by atoms with E-state index in [2.05, 4.69) is 55.2 Å². The fraction of sp³-hybridized carbons (Fsp3) is 0.417. The second kappa shape index (κ2) is 7.14. The first kappa shape index (κ1) is 14.7. The second-order valence-corrected chi connectivity index (χ2v) is 8.18. The summed E-state index contributed by atoms with van der Waals surface area (Å²) in [6.45, 7) is 3.23. The van der Waals surface area contributed by atoms with E-state index in [-0.39, 0.29) is 0 Å². The molecule has 1 unspecified atom stereocenters. The predicted octanol–water partition coefficient (Wildman–Crippen LogP) is 5.01. The molecule has 2 aromatic heterocycles. The van der Waals surface area contributed by atoms with Crippen LogP contribution in [0.25, 0.3) is 0 Å². The van der Waals surface area contributed by atoms with Gasteiger partial charge in [0.05, 0.1) is 9.30 Å². The van der Waals surface area contributed by atoms with Gasteiger partial charge in [0.1, 0.15) is 0 Å². The van der Waals surface area contributed by atoms with Gasteiger partial charge in [-0.25, -0.2) is 0 Å². The minimum absolute atomic E-state index is 0.373. The first-order valence-corrected chi connectivity index (χ1v) is 9.04. The van der Waals surface area contributed by atoms with Gasteiger partial charge in [0.15, 0.2) is 0 Å². The SMILES string of the molecule is CCCNC(Cc1cncs1)c1cc(Br)c(Br)s1. The molecular weight excluding hydrogens is 396 g/mol. The maximum absolute atomic E-state index is 4.15. The Morgan fingerprint density at radius 2 is 2.28 bits per heavy atom. The van der Waals surface area contributed by atoms with Crippen LogP contribution < -0.4 is 5.32 Å². The Hall–Kier alpha value is 0.250. The summed E-state index contributed by atoms with van der Waals surface area (Å²) in [5.74, 6) is 0. The van der Waals surface area contributed by atoms with Crippen LogP contribution in [0.2, 0.25) is 0 Å². The molecule has 6 heteroatoms. The van der Waals surface area contributed by atoms with E-state index >= 15 is 0 Å². The van der Waals surface area contributed by atoms with Gasteiger partial charge in [-0.3, -0.25) is 4.98 Å². The van der Waals surface area contributed by atoms with Crippen molar-refractivity contribution in [3.8, 4) is 0 Å². The Kier molecular flexibility index (Phi) is 5.82. The zero-order valence-corrected chi connectivity index (χ0v) is 14.8. The lowest BCUT2D eigenvalue weighted by atomic mass is 10.1. The van der Waals surface area contributed by atoms with Gasteiger partial charge in [0, 0.05) is 32.9 Å². The van der Waals surface area contributed by atoms with Crippen LogP contribution in [0.15, 0.2) is 26.0 Å². The van der Waals surface area contributed by atoms with Crippen molar-refractivity contribution in [3.05, 3.63) is 35.8 Å². The number of hydrogen-bond acceptors (Lipinski definition) is 4. The number of nitrogens with one attached hydrogen (secondary N) is 1. The minimum Gasteiger partial charge on any atom is -0.309 e. The molecule has 2 nitrogen and oxygen atoms in total. The molecule has 2 rings (SSSR count). The van der Waals surface area contributed by atoms with Gasteiger partial charge in [-0.1, -0.05) is 6.92 Å². The van der Waals surface area contributed by atoms with E-state index in [1.165, 1.54) is 9.75 Å². The van der Waals surface area contributed by atoms with Crippen molar-refractivity contribution in [1.82, 2.24) is 10.3 Å². The molecule has 0 aliphatic heterocycles. The third-order valence-corrected chi connectivity index (χ3v) is 6.71. The highest BCUT2D eigenvalue weighted by atomic mass is 79.9. The third-order valence-electron chi connectivity index (χ3n) is 2.54. The molecule has 0 amide bonds. The quantitative estimate of drug-likeness (QED) is 0.724. The summed E-state index contributed by atoms with van der Waals surface area (Å²) in [4.78, 5) is 6.83. The van der Waals surface area contributed by atoms with E-state index in [0.717, 1.165) is 27.6 Å². The van der Waals surface area contributed by atoms with E-state index < -0.39 is 0 Å². The van der Waals surface area contributed by atoms with Crippen molar-refractivity contribution >= 4 is 54.5 Å². The topological polar surface area (TPSA) is 24.9 Å². The summed E-state index contributed by atoms with van der Waals surface area (Å²) in [6.07, 6.45) is 4.11.